The molecule has 1 aliphatic rings. The normalized spacial score (nSPS) is 14.3. The zero-order valence-electron chi connectivity index (χ0n) is 14.3. The zero-order valence-corrected chi connectivity index (χ0v) is 15.8. The van der Waals surface area contributed by atoms with Crippen LogP contribution in [0.3, 0.4) is 0 Å². The van der Waals surface area contributed by atoms with E-state index in [-0.39, 0.29) is 11.8 Å². The summed E-state index contributed by atoms with van der Waals surface area (Å²) in [6.45, 7) is 4.10. The van der Waals surface area contributed by atoms with Gasteiger partial charge >= 0.3 is 6.03 Å². The summed E-state index contributed by atoms with van der Waals surface area (Å²) in [6.07, 6.45) is 0. The Morgan fingerprint density at radius 2 is 1.73 bits per heavy atom. The SMILES string of the molecule is CC(=O)c1cccc(N2CCN(C(=O)Nc3cc(Cl)ccc3Cl)CC2)c1. The maximum absolute atomic E-state index is 12.5. The molecule has 0 atom stereocenters. The number of Topliss-reactive ketones (excluding diaryl/α,β-unsaturated/α-hetero) is 1. The Morgan fingerprint density at radius 1 is 1.00 bits per heavy atom. The van der Waals surface area contributed by atoms with Gasteiger partial charge in [0.05, 0.1) is 10.7 Å². The Kier molecular flexibility index (Phi) is 5.69. The molecule has 2 aromatic rings. The van der Waals surface area contributed by atoms with Gasteiger partial charge in [0.25, 0.3) is 0 Å². The fourth-order valence-corrected chi connectivity index (χ4v) is 3.21. The highest BCUT2D eigenvalue weighted by Crippen LogP contribution is 2.26. The summed E-state index contributed by atoms with van der Waals surface area (Å²) in [5, 5.41) is 3.77. The van der Waals surface area contributed by atoms with Crippen molar-refractivity contribution in [1.82, 2.24) is 4.90 Å². The Bertz CT molecular complexity index is 833. The molecule has 0 bridgehead atoms. The van der Waals surface area contributed by atoms with Crippen LogP contribution in [0.4, 0.5) is 16.2 Å². The Morgan fingerprint density at radius 3 is 2.42 bits per heavy atom. The molecule has 136 valence electrons. The van der Waals surface area contributed by atoms with Gasteiger partial charge in [0.15, 0.2) is 5.78 Å². The highest BCUT2D eigenvalue weighted by Gasteiger charge is 2.22. The van der Waals surface area contributed by atoms with Gasteiger partial charge < -0.3 is 15.1 Å². The molecule has 1 aliphatic heterocycles. The van der Waals surface area contributed by atoms with Crippen LogP contribution >= 0.6 is 23.2 Å². The number of amides is 2. The van der Waals surface area contributed by atoms with Crippen molar-refractivity contribution in [3.63, 3.8) is 0 Å². The molecule has 0 aliphatic carbocycles. The third-order valence-corrected chi connectivity index (χ3v) is 4.92. The van der Waals surface area contributed by atoms with Crippen molar-refractivity contribution in [2.45, 2.75) is 6.92 Å². The topological polar surface area (TPSA) is 52.7 Å². The molecule has 1 fully saturated rings. The minimum absolute atomic E-state index is 0.0447. The number of urea groups is 1. The molecule has 0 spiro atoms. The van der Waals surface area contributed by atoms with Crippen molar-refractivity contribution in [3.05, 3.63) is 58.1 Å². The zero-order chi connectivity index (χ0) is 18.7. The summed E-state index contributed by atoms with van der Waals surface area (Å²) in [4.78, 5) is 27.9. The number of piperazine rings is 1. The number of hydrogen-bond acceptors (Lipinski definition) is 3. The van der Waals surface area contributed by atoms with Gasteiger partial charge in [-0.05, 0) is 37.3 Å². The maximum Gasteiger partial charge on any atom is 0.322 e. The first-order valence-electron chi connectivity index (χ1n) is 8.31. The molecule has 2 aromatic carbocycles. The predicted octanol–water partition coefficient (Wildman–Crippen LogP) is 4.55. The first-order chi connectivity index (χ1) is 12.4. The summed E-state index contributed by atoms with van der Waals surface area (Å²) in [5.41, 5.74) is 2.19. The van der Waals surface area contributed by atoms with Crippen LogP contribution < -0.4 is 10.2 Å². The molecular weight excluding hydrogens is 373 g/mol. The van der Waals surface area contributed by atoms with Gasteiger partial charge in [0, 0.05) is 42.5 Å². The molecule has 1 heterocycles. The van der Waals surface area contributed by atoms with Crippen LogP contribution in [0, 0.1) is 0 Å². The molecule has 3 rings (SSSR count). The van der Waals surface area contributed by atoms with Crippen molar-refractivity contribution < 1.29 is 9.59 Å². The third-order valence-electron chi connectivity index (χ3n) is 4.35. The largest absolute Gasteiger partial charge is 0.368 e. The number of nitrogens with one attached hydrogen (secondary N) is 1. The Hall–Kier alpha value is -2.24. The van der Waals surface area contributed by atoms with Crippen molar-refractivity contribution in [2.75, 3.05) is 36.4 Å². The molecule has 7 heteroatoms. The standard InChI is InChI=1S/C19H19Cl2N3O2/c1-13(25)14-3-2-4-16(11-14)23-7-9-24(10-8-23)19(26)22-18-12-15(20)5-6-17(18)21/h2-6,11-12H,7-10H2,1H3,(H,22,26). The summed E-state index contributed by atoms with van der Waals surface area (Å²) < 4.78 is 0. The predicted molar refractivity (Wildman–Crippen MR) is 106 cm³/mol. The number of anilines is 2. The summed E-state index contributed by atoms with van der Waals surface area (Å²) >= 11 is 12.0. The molecule has 5 nitrogen and oxygen atoms in total. The van der Waals surface area contributed by atoms with Crippen molar-refractivity contribution in [3.8, 4) is 0 Å². The minimum atomic E-state index is -0.202. The summed E-state index contributed by atoms with van der Waals surface area (Å²) in [6, 6.07) is 12.3. The monoisotopic (exact) mass is 391 g/mol. The van der Waals surface area contributed by atoms with E-state index in [0.717, 1.165) is 5.69 Å². The van der Waals surface area contributed by atoms with Crippen LogP contribution in [0.1, 0.15) is 17.3 Å². The van der Waals surface area contributed by atoms with Crippen LogP contribution in [0.5, 0.6) is 0 Å². The molecule has 1 N–H and O–H groups in total. The van der Waals surface area contributed by atoms with E-state index in [9.17, 15) is 9.59 Å². The van der Waals surface area contributed by atoms with E-state index < -0.39 is 0 Å². The van der Waals surface area contributed by atoms with E-state index in [0.29, 0.717) is 47.5 Å². The van der Waals surface area contributed by atoms with E-state index in [1.165, 1.54) is 0 Å². The molecule has 0 aromatic heterocycles. The van der Waals surface area contributed by atoms with Crippen molar-refractivity contribution >= 4 is 46.4 Å². The second kappa shape index (κ2) is 7.98. The van der Waals surface area contributed by atoms with E-state index in [4.69, 9.17) is 23.2 Å². The Balaban J connectivity index is 1.61. The molecule has 2 amide bonds. The first kappa shape index (κ1) is 18.5. The average Bonchev–Trinajstić information content (AvgIpc) is 2.65. The fourth-order valence-electron chi connectivity index (χ4n) is 2.88. The molecule has 0 saturated carbocycles. The number of nitrogens with zero attached hydrogens (tertiary/aromatic N) is 2. The molecule has 1 saturated heterocycles. The van der Waals surface area contributed by atoms with E-state index in [2.05, 4.69) is 10.2 Å². The third kappa shape index (κ3) is 4.29. The fraction of sp³-hybridized carbons (Fsp3) is 0.263. The second-order valence-electron chi connectivity index (χ2n) is 6.13. The van der Waals surface area contributed by atoms with Crippen molar-refractivity contribution in [2.24, 2.45) is 0 Å². The van der Waals surface area contributed by atoms with Gasteiger partial charge in [-0.1, -0.05) is 35.3 Å². The number of rotatable bonds is 3. The first-order valence-corrected chi connectivity index (χ1v) is 9.06. The number of carbonyl (C=O) groups excluding carboxylic acids is 2. The minimum Gasteiger partial charge on any atom is -0.368 e. The second-order valence-corrected chi connectivity index (χ2v) is 6.98. The average molecular weight is 392 g/mol. The van der Waals surface area contributed by atoms with Gasteiger partial charge in [-0.15, -0.1) is 0 Å². The quantitative estimate of drug-likeness (QED) is 0.780. The smallest absolute Gasteiger partial charge is 0.322 e. The van der Waals surface area contributed by atoms with Crippen LogP contribution in [-0.4, -0.2) is 42.9 Å². The highest BCUT2D eigenvalue weighted by molar-refractivity contribution is 6.35. The number of hydrogen-bond donors (Lipinski definition) is 1. The number of halogens is 2. The summed E-state index contributed by atoms with van der Waals surface area (Å²) in [5.74, 6) is 0.0447. The lowest BCUT2D eigenvalue weighted by atomic mass is 10.1. The lowest BCUT2D eigenvalue weighted by Gasteiger charge is -2.36. The molecule has 0 radical (unpaired) electrons. The lowest BCUT2D eigenvalue weighted by Crippen LogP contribution is -2.50. The Labute approximate surface area is 162 Å². The van der Waals surface area contributed by atoms with Crippen molar-refractivity contribution in [1.29, 1.82) is 0 Å². The van der Waals surface area contributed by atoms with Crippen LogP contribution in [-0.2, 0) is 0 Å². The molecule has 26 heavy (non-hydrogen) atoms. The summed E-state index contributed by atoms with van der Waals surface area (Å²) in [7, 11) is 0. The van der Waals surface area contributed by atoms with E-state index in [1.54, 1.807) is 30.0 Å². The number of ketones is 1. The molecular formula is C19H19Cl2N3O2. The van der Waals surface area contributed by atoms with Crippen LogP contribution in [0.2, 0.25) is 10.0 Å². The van der Waals surface area contributed by atoms with Gasteiger partial charge in [0.2, 0.25) is 0 Å². The van der Waals surface area contributed by atoms with Gasteiger partial charge in [-0.2, -0.15) is 0 Å². The maximum atomic E-state index is 12.5. The van der Waals surface area contributed by atoms with E-state index in [1.807, 2.05) is 24.3 Å². The number of benzene rings is 2. The molecule has 0 unspecified atom stereocenters. The van der Waals surface area contributed by atoms with Crippen LogP contribution in [0.25, 0.3) is 0 Å². The highest BCUT2D eigenvalue weighted by atomic mass is 35.5. The van der Waals surface area contributed by atoms with Crippen LogP contribution in [0.15, 0.2) is 42.5 Å². The van der Waals surface area contributed by atoms with E-state index >= 15 is 0 Å². The lowest BCUT2D eigenvalue weighted by molar-refractivity contribution is 0.101. The van der Waals surface area contributed by atoms with Gasteiger partial charge in [-0.3, -0.25) is 4.79 Å². The number of carbonyl (C=O) groups is 2. The van der Waals surface area contributed by atoms with Gasteiger partial charge in [-0.25, -0.2) is 4.79 Å². The van der Waals surface area contributed by atoms with Gasteiger partial charge in [0.1, 0.15) is 0 Å².